The van der Waals surface area contributed by atoms with Crippen LogP contribution >= 0.6 is 0 Å². The number of pyridine rings is 3. The minimum Gasteiger partial charge on any atom is -0.256 e. The van der Waals surface area contributed by atoms with E-state index in [4.69, 9.17) is 9.97 Å². The molecule has 0 radical (unpaired) electrons. The third kappa shape index (κ3) is 4.56. The summed E-state index contributed by atoms with van der Waals surface area (Å²) in [4.78, 5) is 14.7. The summed E-state index contributed by atoms with van der Waals surface area (Å²) in [5.41, 5.74) is 10.2. The largest absolute Gasteiger partial charge is 0.256 e. The Morgan fingerprint density at radius 1 is 0.292 bits per heavy atom. The molecule has 3 nitrogen and oxygen atoms in total. The second kappa shape index (κ2) is 11.7. The Morgan fingerprint density at radius 3 is 1.50 bits per heavy atom. The molecule has 0 N–H and O–H groups in total. The standard InChI is InChI=1S/C45H29N3/c1-2-14-30(15-3-1)31-20-10-22-37(38-23-11-21-36-34-17-5-4-16-32(34)33-18-6-7-19-35(33)43(36)38)42(31)40-25-13-29-48-45(40)44-39(24-12-28-47-44)41-26-8-9-27-46-41/h1-29H. The molecule has 224 valence electrons. The molecule has 0 aliphatic heterocycles. The van der Waals surface area contributed by atoms with E-state index < -0.39 is 0 Å². The molecule has 3 heteroatoms. The predicted molar refractivity (Wildman–Crippen MR) is 200 cm³/mol. The molecule has 0 aliphatic carbocycles. The summed E-state index contributed by atoms with van der Waals surface area (Å²) in [5, 5.41) is 7.50. The molecule has 0 aliphatic rings. The minimum absolute atomic E-state index is 0.801. The van der Waals surface area contributed by atoms with Crippen molar-refractivity contribution in [1.82, 2.24) is 15.0 Å². The highest BCUT2D eigenvalue weighted by Crippen LogP contribution is 2.47. The first-order valence-electron chi connectivity index (χ1n) is 16.2. The zero-order valence-corrected chi connectivity index (χ0v) is 26.1. The van der Waals surface area contributed by atoms with Crippen LogP contribution in [0.1, 0.15) is 0 Å². The van der Waals surface area contributed by atoms with Gasteiger partial charge in [-0.3, -0.25) is 15.0 Å². The molecule has 6 aromatic carbocycles. The van der Waals surface area contributed by atoms with E-state index in [9.17, 15) is 0 Å². The zero-order chi connectivity index (χ0) is 31.9. The molecule has 0 atom stereocenters. The van der Waals surface area contributed by atoms with Crippen molar-refractivity contribution in [3.8, 4) is 56.0 Å². The lowest BCUT2D eigenvalue weighted by Crippen LogP contribution is -1.98. The number of fused-ring (bicyclic) bond motifs is 6. The fourth-order valence-corrected chi connectivity index (χ4v) is 7.22. The zero-order valence-electron chi connectivity index (χ0n) is 26.1. The highest BCUT2D eigenvalue weighted by atomic mass is 14.8. The summed E-state index contributed by atoms with van der Waals surface area (Å²) in [7, 11) is 0. The van der Waals surface area contributed by atoms with E-state index in [0.29, 0.717) is 0 Å². The fraction of sp³-hybridized carbons (Fsp3) is 0. The number of rotatable bonds is 5. The molecule has 48 heavy (non-hydrogen) atoms. The van der Waals surface area contributed by atoms with Gasteiger partial charge in [0.25, 0.3) is 0 Å². The van der Waals surface area contributed by atoms with Crippen molar-refractivity contribution in [2.45, 2.75) is 0 Å². The molecule has 3 heterocycles. The van der Waals surface area contributed by atoms with Gasteiger partial charge in [0.1, 0.15) is 0 Å². The summed E-state index contributed by atoms with van der Waals surface area (Å²) in [6.45, 7) is 0. The first kappa shape index (κ1) is 27.8. The average Bonchev–Trinajstić information content (AvgIpc) is 3.18. The van der Waals surface area contributed by atoms with Crippen LogP contribution in [0.3, 0.4) is 0 Å². The SMILES string of the molecule is c1ccc(-c2cccc(-c3cccc4c5ccccc5c5ccccc5c34)c2-c2cccnc2-c2ncccc2-c2ccccn2)cc1. The predicted octanol–water partition coefficient (Wildman–Crippen LogP) is 11.7. The molecule has 0 fully saturated rings. The quantitative estimate of drug-likeness (QED) is 0.182. The average molecular weight is 612 g/mol. The van der Waals surface area contributed by atoms with Gasteiger partial charge in [0.2, 0.25) is 0 Å². The Kier molecular flexibility index (Phi) is 6.80. The van der Waals surface area contributed by atoms with Crippen molar-refractivity contribution in [3.63, 3.8) is 0 Å². The molecule has 0 amide bonds. The summed E-state index contributed by atoms with van der Waals surface area (Å²) in [6.07, 6.45) is 5.52. The van der Waals surface area contributed by atoms with E-state index in [-0.39, 0.29) is 0 Å². The van der Waals surface area contributed by atoms with Crippen LogP contribution in [0.25, 0.3) is 88.3 Å². The smallest absolute Gasteiger partial charge is 0.0986 e. The van der Waals surface area contributed by atoms with Gasteiger partial charge >= 0.3 is 0 Å². The second-order valence-corrected chi connectivity index (χ2v) is 11.9. The summed E-state index contributed by atoms with van der Waals surface area (Å²) < 4.78 is 0. The summed E-state index contributed by atoms with van der Waals surface area (Å²) in [6, 6.07) is 55.8. The van der Waals surface area contributed by atoms with Crippen LogP contribution in [-0.4, -0.2) is 15.0 Å². The van der Waals surface area contributed by atoms with Crippen molar-refractivity contribution in [2.24, 2.45) is 0 Å². The number of hydrogen-bond donors (Lipinski definition) is 0. The van der Waals surface area contributed by atoms with Crippen molar-refractivity contribution >= 4 is 32.3 Å². The van der Waals surface area contributed by atoms with Crippen molar-refractivity contribution in [1.29, 1.82) is 0 Å². The Morgan fingerprint density at radius 2 is 0.792 bits per heavy atom. The molecule has 0 unspecified atom stereocenters. The van der Waals surface area contributed by atoms with Gasteiger partial charge < -0.3 is 0 Å². The summed E-state index contributed by atoms with van der Waals surface area (Å²) in [5.74, 6) is 0. The van der Waals surface area contributed by atoms with E-state index in [2.05, 4.69) is 132 Å². The van der Waals surface area contributed by atoms with Crippen LogP contribution in [0, 0.1) is 0 Å². The maximum atomic E-state index is 5.04. The lowest BCUT2D eigenvalue weighted by atomic mass is 9.83. The third-order valence-corrected chi connectivity index (χ3v) is 9.26. The Hall–Kier alpha value is -6.45. The molecule has 9 rings (SSSR count). The molecular formula is C45H29N3. The highest BCUT2D eigenvalue weighted by Gasteiger charge is 2.23. The normalized spacial score (nSPS) is 11.3. The van der Waals surface area contributed by atoms with E-state index in [1.54, 1.807) is 0 Å². The molecule has 0 spiro atoms. The Balaban J connectivity index is 1.41. The van der Waals surface area contributed by atoms with Crippen LogP contribution < -0.4 is 0 Å². The highest BCUT2D eigenvalue weighted by molar-refractivity contribution is 6.29. The van der Waals surface area contributed by atoms with E-state index >= 15 is 0 Å². The lowest BCUT2D eigenvalue weighted by molar-refractivity contribution is 1.23. The third-order valence-electron chi connectivity index (χ3n) is 9.26. The van der Waals surface area contributed by atoms with Gasteiger partial charge in [-0.25, -0.2) is 0 Å². The van der Waals surface area contributed by atoms with Crippen molar-refractivity contribution < 1.29 is 0 Å². The van der Waals surface area contributed by atoms with E-state index in [1.165, 1.54) is 37.9 Å². The maximum absolute atomic E-state index is 5.04. The first-order valence-corrected chi connectivity index (χ1v) is 16.2. The number of aromatic nitrogens is 3. The first-order chi connectivity index (χ1) is 23.9. The number of hydrogen-bond acceptors (Lipinski definition) is 3. The molecule has 0 saturated carbocycles. The lowest BCUT2D eigenvalue weighted by Gasteiger charge is -2.21. The minimum atomic E-state index is 0.801. The van der Waals surface area contributed by atoms with Crippen molar-refractivity contribution in [3.05, 3.63) is 176 Å². The van der Waals surface area contributed by atoms with Crippen LogP contribution in [0.4, 0.5) is 0 Å². The van der Waals surface area contributed by atoms with Gasteiger partial charge in [-0.15, -0.1) is 0 Å². The topological polar surface area (TPSA) is 38.7 Å². The maximum Gasteiger partial charge on any atom is 0.0986 e. The fourth-order valence-electron chi connectivity index (χ4n) is 7.22. The van der Waals surface area contributed by atoms with Gasteiger partial charge in [-0.2, -0.15) is 0 Å². The van der Waals surface area contributed by atoms with Gasteiger partial charge in [0.15, 0.2) is 0 Å². The molecule has 3 aromatic heterocycles. The van der Waals surface area contributed by atoms with E-state index in [1.807, 2.05) is 48.9 Å². The number of benzene rings is 6. The monoisotopic (exact) mass is 611 g/mol. The van der Waals surface area contributed by atoms with Gasteiger partial charge in [0.05, 0.1) is 17.1 Å². The molecule has 0 saturated heterocycles. The summed E-state index contributed by atoms with van der Waals surface area (Å²) >= 11 is 0. The van der Waals surface area contributed by atoms with E-state index in [0.717, 1.165) is 50.5 Å². The second-order valence-electron chi connectivity index (χ2n) is 11.9. The van der Waals surface area contributed by atoms with Gasteiger partial charge in [0, 0.05) is 29.7 Å². The van der Waals surface area contributed by atoms with Gasteiger partial charge in [-0.1, -0.05) is 127 Å². The van der Waals surface area contributed by atoms with Gasteiger partial charge in [-0.05, 0) is 90.5 Å². The van der Waals surface area contributed by atoms with Crippen LogP contribution in [0.5, 0.6) is 0 Å². The number of nitrogens with zero attached hydrogens (tertiary/aromatic N) is 3. The molecule has 0 bridgehead atoms. The van der Waals surface area contributed by atoms with Crippen LogP contribution in [0.15, 0.2) is 176 Å². The molecular weight excluding hydrogens is 583 g/mol. The molecule has 9 aromatic rings. The Bertz CT molecular complexity index is 2570. The van der Waals surface area contributed by atoms with Crippen LogP contribution in [0.2, 0.25) is 0 Å². The van der Waals surface area contributed by atoms with Crippen molar-refractivity contribution in [2.75, 3.05) is 0 Å². The Labute approximate surface area is 278 Å². The van der Waals surface area contributed by atoms with Crippen LogP contribution in [-0.2, 0) is 0 Å².